The second kappa shape index (κ2) is 2.19. The van der Waals surface area contributed by atoms with E-state index in [2.05, 4.69) is 37.8 Å². The highest BCUT2D eigenvalue weighted by Crippen LogP contribution is 2.14. The fourth-order valence-corrected chi connectivity index (χ4v) is 1.46. The molecule has 2 rings (SSSR count). The minimum Gasteiger partial charge on any atom is -0.360 e. The first-order valence-electron chi connectivity index (χ1n) is 2.82. The standard InChI is InChI=1S/C6H4IN3/c7-6-4-1-2-8-5(4)3-9-10-6/h1-3,8H. The zero-order valence-corrected chi connectivity index (χ0v) is 7.16. The fourth-order valence-electron chi connectivity index (χ4n) is 0.860. The number of aromatic amines is 1. The van der Waals surface area contributed by atoms with Crippen molar-refractivity contribution in [1.82, 2.24) is 15.2 Å². The number of fused-ring (bicyclic) bond motifs is 1. The zero-order chi connectivity index (χ0) is 6.97. The van der Waals surface area contributed by atoms with Gasteiger partial charge in [-0.2, -0.15) is 5.10 Å². The number of nitrogens with one attached hydrogen (secondary N) is 1. The molecular weight excluding hydrogens is 241 g/mol. The summed E-state index contributed by atoms with van der Waals surface area (Å²) < 4.78 is 0.941. The summed E-state index contributed by atoms with van der Waals surface area (Å²) in [4.78, 5) is 3.05. The quantitative estimate of drug-likeness (QED) is 0.715. The molecule has 0 bridgehead atoms. The molecule has 0 saturated heterocycles. The van der Waals surface area contributed by atoms with Crippen LogP contribution in [-0.2, 0) is 0 Å². The van der Waals surface area contributed by atoms with Gasteiger partial charge in [-0.05, 0) is 28.7 Å². The predicted molar refractivity (Wildman–Crippen MR) is 46.6 cm³/mol. The van der Waals surface area contributed by atoms with Crippen LogP contribution in [0.15, 0.2) is 18.5 Å². The number of hydrogen-bond acceptors (Lipinski definition) is 2. The van der Waals surface area contributed by atoms with Crippen molar-refractivity contribution in [2.24, 2.45) is 0 Å². The van der Waals surface area contributed by atoms with Gasteiger partial charge in [-0.15, -0.1) is 5.10 Å². The van der Waals surface area contributed by atoms with Gasteiger partial charge in [0.2, 0.25) is 0 Å². The van der Waals surface area contributed by atoms with Gasteiger partial charge in [0.25, 0.3) is 0 Å². The van der Waals surface area contributed by atoms with Gasteiger partial charge in [0.15, 0.2) is 0 Å². The number of hydrogen-bond donors (Lipinski definition) is 1. The Bertz CT molecular complexity index is 355. The first kappa shape index (κ1) is 6.09. The molecule has 0 amide bonds. The van der Waals surface area contributed by atoms with E-state index in [1.54, 1.807) is 6.20 Å². The van der Waals surface area contributed by atoms with Crippen LogP contribution in [0.1, 0.15) is 0 Å². The van der Waals surface area contributed by atoms with E-state index in [0.717, 1.165) is 14.6 Å². The first-order chi connectivity index (χ1) is 4.88. The summed E-state index contributed by atoms with van der Waals surface area (Å²) in [7, 11) is 0. The van der Waals surface area contributed by atoms with Crippen molar-refractivity contribution in [3.63, 3.8) is 0 Å². The molecule has 2 heterocycles. The van der Waals surface area contributed by atoms with Crippen molar-refractivity contribution in [1.29, 1.82) is 0 Å². The Kier molecular flexibility index (Phi) is 1.33. The minimum atomic E-state index is 0.941. The topological polar surface area (TPSA) is 41.6 Å². The third-order valence-electron chi connectivity index (χ3n) is 1.33. The molecule has 1 N–H and O–H groups in total. The van der Waals surface area contributed by atoms with Crippen molar-refractivity contribution < 1.29 is 0 Å². The smallest absolute Gasteiger partial charge is 0.133 e. The summed E-state index contributed by atoms with van der Waals surface area (Å²) in [6.07, 6.45) is 3.60. The van der Waals surface area contributed by atoms with Crippen LogP contribution in [0.2, 0.25) is 0 Å². The average Bonchev–Trinajstić information content (AvgIpc) is 2.36. The molecule has 0 unspecified atom stereocenters. The SMILES string of the molecule is Ic1nncc2[nH]ccc12. The molecule has 2 aromatic heterocycles. The molecule has 4 heteroatoms. The summed E-state index contributed by atoms with van der Waals surface area (Å²) in [5.41, 5.74) is 1.04. The number of H-pyrrole nitrogens is 1. The molecule has 0 radical (unpaired) electrons. The molecule has 2 aromatic rings. The van der Waals surface area contributed by atoms with Crippen LogP contribution in [0.3, 0.4) is 0 Å². The lowest BCUT2D eigenvalue weighted by Crippen LogP contribution is -1.83. The third-order valence-corrected chi connectivity index (χ3v) is 2.13. The lowest BCUT2D eigenvalue weighted by Gasteiger charge is -1.88. The lowest BCUT2D eigenvalue weighted by molar-refractivity contribution is 1.02. The van der Waals surface area contributed by atoms with E-state index in [1.165, 1.54) is 0 Å². The average molecular weight is 245 g/mol. The van der Waals surface area contributed by atoms with E-state index in [0.29, 0.717) is 0 Å². The normalized spacial score (nSPS) is 10.5. The summed E-state index contributed by atoms with van der Waals surface area (Å²) >= 11 is 2.16. The van der Waals surface area contributed by atoms with Gasteiger partial charge in [0.1, 0.15) is 3.70 Å². The van der Waals surface area contributed by atoms with Crippen LogP contribution in [0, 0.1) is 3.70 Å². The van der Waals surface area contributed by atoms with Crippen LogP contribution in [0.5, 0.6) is 0 Å². The van der Waals surface area contributed by atoms with E-state index >= 15 is 0 Å². The maximum Gasteiger partial charge on any atom is 0.133 e. The zero-order valence-electron chi connectivity index (χ0n) is 5.00. The Morgan fingerprint density at radius 2 is 2.40 bits per heavy atom. The maximum absolute atomic E-state index is 3.90. The Balaban J connectivity index is 2.95. The molecule has 0 spiro atoms. The van der Waals surface area contributed by atoms with E-state index < -0.39 is 0 Å². The third kappa shape index (κ3) is 0.792. The summed E-state index contributed by atoms with van der Waals surface area (Å²) in [6, 6.07) is 1.99. The van der Waals surface area contributed by atoms with Gasteiger partial charge < -0.3 is 4.98 Å². The Labute approximate surface area is 71.0 Å². The molecule has 0 aliphatic heterocycles. The van der Waals surface area contributed by atoms with Gasteiger partial charge in [0.05, 0.1) is 11.7 Å². The van der Waals surface area contributed by atoms with Crippen molar-refractivity contribution in [3.8, 4) is 0 Å². The van der Waals surface area contributed by atoms with Gasteiger partial charge in [0, 0.05) is 11.6 Å². The van der Waals surface area contributed by atoms with Crippen LogP contribution in [-0.4, -0.2) is 15.2 Å². The molecular formula is C6H4IN3. The van der Waals surface area contributed by atoms with Crippen LogP contribution >= 0.6 is 22.6 Å². The van der Waals surface area contributed by atoms with Crippen molar-refractivity contribution >= 4 is 33.5 Å². The second-order valence-electron chi connectivity index (χ2n) is 1.94. The number of rotatable bonds is 0. The van der Waals surface area contributed by atoms with Gasteiger partial charge in [-0.1, -0.05) is 0 Å². The predicted octanol–water partition coefficient (Wildman–Crippen LogP) is 1.56. The van der Waals surface area contributed by atoms with Gasteiger partial charge >= 0.3 is 0 Å². The van der Waals surface area contributed by atoms with Gasteiger partial charge in [-0.25, -0.2) is 0 Å². The molecule has 0 atom stereocenters. The Morgan fingerprint density at radius 1 is 1.50 bits per heavy atom. The molecule has 0 aliphatic carbocycles. The highest BCUT2D eigenvalue weighted by atomic mass is 127. The Hall–Kier alpha value is -0.650. The number of nitrogens with zero attached hydrogens (tertiary/aromatic N) is 2. The van der Waals surface area contributed by atoms with E-state index in [9.17, 15) is 0 Å². The summed E-state index contributed by atoms with van der Waals surface area (Å²) in [5.74, 6) is 0. The first-order valence-corrected chi connectivity index (χ1v) is 3.90. The second-order valence-corrected chi connectivity index (χ2v) is 2.96. The van der Waals surface area contributed by atoms with Crippen LogP contribution in [0.25, 0.3) is 10.9 Å². The minimum absolute atomic E-state index is 0.941. The van der Waals surface area contributed by atoms with Crippen molar-refractivity contribution in [2.75, 3.05) is 0 Å². The molecule has 0 saturated carbocycles. The van der Waals surface area contributed by atoms with E-state index in [1.807, 2.05) is 12.3 Å². The van der Waals surface area contributed by atoms with E-state index in [-0.39, 0.29) is 0 Å². The largest absolute Gasteiger partial charge is 0.360 e. The highest BCUT2D eigenvalue weighted by molar-refractivity contribution is 14.1. The number of halogens is 1. The monoisotopic (exact) mass is 245 g/mol. The molecule has 3 nitrogen and oxygen atoms in total. The summed E-state index contributed by atoms with van der Waals surface area (Å²) in [6.45, 7) is 0. The number of aromatic nitrogens is 3. The molecule has 0 aliphatic rings. The van der Waals surface area contributed by atoms with Crippen LogP contribution in [0.4, 0.5) is 0 Å². The highest BCUT2D eigenvalue weighted by Gasteiger charge is 1.97. The molecule has 50 valence electrons. The van der Waals surface area contributed by atoms with E-state index in [4.69, 9.17) is 0 Å². The molecule has 0 aromatic carbocycles. The van der Waals surface area contributed by atoms with Gasteiger partial charge in [-0.3, -0.25) is 0 Å². The molecule has 10 heavy (non-hydrogen) atoms. The van der Waals surface area contributed by atoms with Crippen molar-refractivity contribution in [2.45, 2.75) is 0 Å². The molecule has 0 fully saturated rings. The van der Waals surface area contributed by atoms with Crippen LogP contribution < -0.4 is 0 Å². The fraction of sp³-hybridized carbons (Fsp3) is 0. The summed E-state index contributed by atoms with van der Waals surface area (Å²) in [5, 5.41) is 8.83. The maximum atomic E-state index is 3.90. The van der Waals surface area contributed by atoms with Crippen molar-refractivity contribution in [3.05, 3.63) is 22.2 Å². The lowest BCUT2D eigenvalue weighted by atomic mass is 10.4. The Morgan fingerprint density at radius 3 is 3.20 bits per heavy atom.